The lowest BCUT2D eigenvalue weighted by molar-refractivity contribution is 0.0579. The minimum absolute atomic E-state index is 0.570. The van der Waals surface area contributed by atoms with E-state index in [9.17, 15) is 0 Å². The molecular formula is C14H27NO. The molecule has 0 bridgehead atoms. The van der Waals surface area contributed by atoms with E-state index < -0.39 is 0 Å². The topological polar surface area (TPSA) is 21.3 Å². The summed E-state index contributed by atoms with van der Waals surface area (Å²) in [4.78, 5) is 0. The van der Waals surface area contributed by atoms with Gasteiger partial charge >= 0.3 is 0 Å². The van der Waals surface area contributed by atoms with Crippen LogP contribution in [0, 0.1) is 11.8 Å². The molecule has 0 aromatic carbocycles. The highest BCUT2D eigenvalue weighted by molar-refractivity contribution is 4.88. The summed E-state index contributed by atoms with van der Waals surface area (Å²) >= 11 is 0. The van der Waals surface area contributed by atoms with Crippen molar-refractivity contribution in [3.63, 3.8) is 0 Å². The summed E-state index contributed by atoms with van der Waals surface area (Å²) in [6, 6.07) is 0.729. The Labute approximate surface area is 100 Å². The van der Waals surface area contributed by atoms with Gasteiger partial charge in [-0.2, -0.15) is 0 Å². The Hall–Kier alpha value is -0.0800. The van der Waals surface area contributed by atoms with E-state index in [1.165, 1.54) is 38.5 Å². The fourth-order valence-corrected chi connectivity index (χ4v) is 2.91. The van der Waals surface area contributed by atoms with E-state index in [1.54, 1.807) is 0 Å². The zero-order chi connectivity index (χ0) is 11.4. The zero-order valence-electron chi connectivity index (χ0n) is 10.9. The van der Waals surface area contributed by atoms with E-state index in [0.717, 1.165) is 31.0 Å². The van der Waals surface area contributed by atoms with Crippen LogP contribution in [-0.4, -0.2) is 25.3 Å². The molecule has 0 amide bonds. The van der Waals surface area contributed by atoms with Crippen LogP contribution in [0.3, 0.4) is 0 Å². The van der Waals surface area contributed by atoms with E-state index in [2.05, 4.69) is 19.2 Å². The molecule has 2 fully saturated rings. The number of hydrogen-bond donors (Lipinski definition) is 1. The number of ether oxygens (including phenoxy) is 1. The van der Waals surface area contributed by atoms with Crippen LogP contribution < -0.4 is 5.32 Å². The summed E-state index contributed by atoms with van der Waals surface area (Å²) in [5.41, 5.74) is 0. The van der Waals surface area contributed by atoms with Crippen molar-refractivity contribution in [2.45, 2.75) is 64.5 Å². The summed E-state index contributed by atoms with van der Waals surface area (Å²) in [7, 11) is 0. The first-order valence-electron chi connectivity index (χ1n) is 7.12. The highest BCUT2D eigenvalue weighted by atomic mass is 16.5. The third kappa shape index (κ3) is 3.74. The first-order chi connectivity index (χ1) is 7.77. The summed E-state index contributed by atoms with van der Waals surface area (Å²) in [6.45, 7) is 6.60. The van der Waals surface area contributed by atoms with Gasteiger partial charge in [0.25, 0.3) is 0 Å². The van der Waals surface area contributed by atoms with Gasteiger partial charge < -0.3 is 10.1 Å². The predicted molar refractivity (Wildman–Crippen MR) is 67.6 cm³/mol. The molecule has 16 heavy (non-hydrogen) atoms. The molecule has 0 spiro atoms. The van der Waals surface area contributed by atoms with Crippen molar-refractivity contribution in [3.8, 4) is 0 Å². The molecule has 0 heterocycles. The molecule has 2 aliphatic carbocycles. The molecule has 2 rings (SSSR count). The Bertz CT molecular complexity index is 193. The third-order valence-corrected chi connectivity index (χ3v) is 3.99. The molecule has 0 aliphatic heterocycles. The Kier molecular flexibility index (Phi) is 4.66. The van der Waals surface area contributed by atoms with Crippen molar-refractivity contribution in [1.82, 2.24) is 5.32 Å². The zero-order valence-corrected chi connectivity index (χ0v) is 10.9. The Morgan fingerprint density at radius 1 is 1.12 bits per heavy atom. The van der Waals surface area contributed by atoms with Crippen LogP contribution in [0.25, 0.3) is 0 Å². The van der Waals surface area contributed by atoms with Gasteiger partial charge in [0.2, 0.25) is 0 Å². The second-order valence-electron chi connectivity index (χ2n) is 5.84. The molecule has 0 saturated heterocycles. The molecule has 2 saturated carbocycles. The van der Waals surface area contributed by atoms with E-state index in [0.29, 0.717) is 6.10 Å². The monoisotopic (exact) mass is 225 g/mol. The molecular weight excluding hydrogens is 198 g/mol. The maximum absolute atomic E-state index is 5.87. The molecule has 2 nitrogen and oxygen atoms in total. The maximum Gasteiger partial charge on any atom is 0.0594 e. The quantitative estimate of drug-likeness (QED) is 0.673. The second-order valence-corrected chi connectivity index (χ2v) is 5.84. The Balaban J connectivity index is 1.55. The SMILES string of the molecule is CC(C)C(NCCOC1CCCC1)C1CC1. The van der Waals surface area contributed by atoms with Crippen LogP contribution >= 0.6 is 0 Å². The molecule has 1 atom stereocenters. The van der Waals surface area contributed by atoms with Crippen molar-refractivity contribution < 1.29 is 4.74 Å². The highest BCUT2D eigenvalue weighted by Gasteiger charge is 2.32. The number of nitrogens with one attached hydrogen (secondary N) is 1. The summed E-state index contributed by atoms with van der Waals surface area (Å²) < 4.78 is 5.87. The fraction of sp³-hybridized carbons (Fsp3) is 1.00. The highest BCUT2D eigenvalue weighted by Crippen LogP contribution is 2.35. The van der Waals surface area contributed by atoms with Crippen LogP contribution in [0.5, 0.6) is 0 Å². The van der Waals surface area contributed by atoms with Crippen LogP contribution in [0.1, 0.15) is 52.4 Å². The Morgan fingerprint density at radius 2 is 1.81 bits per heavy atom. The van der Waals surface area contributed by atoms with E-state index in [4.69, 9.17) is 4.74 Å². The van der Waals surface area contributed by atoms with Crippen LogP contribution in [0.2, 0.25) is 0 Å². The molecule has 2 aliphatic rings. The van der Waals surface area contributed by atoms with Crippen LogP contribution in [0.15, 0.2) is 0 Å². The van der Waals surface area contributed by atoms with Gasteiger partial charge in [-0.05, 0) is 37.5 Å². The van der Waals surface area contributed by atoms with Gasteiger partial charge in [-0.25, -0.2) is 0 Å². The minimum Gasteiger partial charge on any atom is -0.377 e. The van der Waals surface area contributed by atoms with Gasteiger partial charge in [-0.1, -0.05) is 26.7 Å². The van der Waals surface area contributed by atoms with Gasteiger partial charge in [-0.15, -0.1) is 0 Å². The smallest absolute Gasteiger partial charge is 0.0594 e. The average Bonchev–Trinajstić information content (AvgIpc) is 2.94. The molecule has 94 valence electrons. The van der Waals surface area contributed by atoms with Gasteiger partial charge in [0.15, 0.2) is 0 Å². The van der Waals surface area contributed by atoms with Crippen molar-refractivity contribution >= 4 is 0 Å². The number of hydrogen-bond acceptors (Lipinski definition) is 2. The molecule has 0 aromatic rings. The largest absolute Gasteiger partial charge is 0.377 e. The standard InChI is InChI=1S/C14H27NO/c1-11(2)14(12-7-8-12)15-9-10-16-13-5-3-4-6-13/h11-15H,3-10H2,1-2H3. The van der Waals surface area contributed by atoms with Crippen LogP contribution in [0.4, 0.5) is 0 Å². The van der Waals surface area contributed by atoms with Crippen molar-refractivity contribution in [3.05, 3.63) is 0 Å². The summed E-state index contributed by atoms with van der Waals surface area (Å²) in [5.74, 6) is 1.71. The predicted octanol–water partition coefficient (Wildman–Crippen LogP) is 2.97. The molecule has 1 N–H and O–H groups in total. The van der Waals surface area contributed by atoms with Crippen molar-refractivity contribution in [1.29, 1.82) is 0 Å². The van der Waals surface area contributed by atoms with Gasteiger partial charge in [0.05, 0.1) is 12.7 Å². The maximum atomic E-state index is 5.87. The Morgan fingerprint density at radius 3 is 2.38 bits per heavy atom. The van der Waals surface area contributed by atoms with Gasteiger partial charge in [0, 0.05) is 12.6 Å². The van der Waals surface area contributed by atoms with E-state index in [-0.39, 0.29) is 0 Å². The van der Waals surface area contributed by atoms with Crippen LogP contribution in [-0.2, 0) is 4.74 Å². The second kappa shape index (κ2) is 6.02. The minimum atomic E-state index is 0.570. The molecule has 1 unspecified atom stereocenters. The molecule has 2 heteroatoms. The fourth-order valence-electron chi connectivity index (χ4n) is 2.91. The van der Waals surface area contributed by atoms with Crippen molar-refractivity contribution in [2.24, 2.45) is 11.8 Å². The van der Waals surface area contributed by atoms with E-state index in [1.807, 2.05) is 0 Å². The lowest BCUT2D eigenvalue weighted by atomic mass is 10.00. The first-order valence-corrected chi connectivity index (χ1v) is 7.12. The molecule has 0 aromatic heterocycles. The number of rotatable bonds is 7. The normalized spacial score (nSPS) is 24.2. The summed E-state index contributed by atoms with van der Waals surface area (Å²) in [5, 5.41) is 3.68. The third-order valence-electron chi connectivity index (χ3n) is 3.99. The van der Waals surface area contributed by atoms with Crippen molar-refractivity contribution in [2.75, 3.05) is 13.2 Å². The lowest BCUT2D eigenvalue weighted by Gasteiger charge is -2.22. The molecule has 0 radical (unpaired) electrons. The van der Waals surface area contributed by atoms with E-state index >= 15 is 0 Å². The first kappa shape index (κ1) is 12.4. The van der Waals surface area contributed by atoms with Gasteiger partial charge in [-0.3, -0.25) is 0 Å². The lowest BCUT2D eigenvalue weighted by Crippen LogP contribution is -2.38. The average molecular weight is 225 g/mol. The summed E-state index contributed by atoms with van der Waals surface area (Å²) in [6.07, 6.45) is 8.74. The van der Waals surface area contributed by atoms with Gasteiger partial charge in [0.1, 0.15) is 0 Å².